The van der Waals surface area contributed by atoms with Crippen LogP contribution in [0.4, 0.5) is 17.1 Å². The Morgan fingerprint density at radius 3 is 1.92 bits per heavy atom. The van der Waals surface area contributed by atoms with Gasteiger partial charge < -0.3 is 0 Å². The molecule has 0 unspecified atom stereocenters. The number of thioether (sulfide) groups is 1. The van der Waals surface area contributed by atoms with Crippen LogP contribution in [0.5, 0.6) is 0 Å². The molecule has 0 aromatic heterocycles. The van der Waals surface area contributed by atoms with Crippen molar-refractivity contribution < 1.29 is 4.92 Å². The quantitative estimate of drug-likeness (QED) is 0.239. The topological polar surface area (TPSA) is 74.3 Å². The lowest BCUT2D eigenvalue weighted by Crippen LogP contribution is -2.53. The van der Waals surface area contributed by atoms with E-state index in [9.17, 15) is 10.1 Å². The van der Waals surface area contributed by atoms with Gasteiger partial charge in [0.25, 0.3) is 5.69 Å². The van der Waals surface area contributed by atoms with Crippen LogP contribution in [0.2, 0.25) is 0 Å². The summed E-state index contributed by atoms with van der Waals surface area (Å²) in [6, 6.07) is 34.9. The molecule has 2 aliphatic rings. The molecule has 0 radical (unpaired) electrons. The molecule has 8 heteroatoms. The number of rotatable bonds is 4. The van der Waals surface area contributed by atoms with Gasteiger partial charge in [-0.25, -0.2) is 10.0 Å². The smallest absolute Gasteiger partial charge is 0.258 e. The first-order valence-electron chi connectivity index (χ1n) is 11.5. The number of fused-ring (bicyclic) bond motifs is 2. The van der Waals surface area contributed by atoms with Crippen LogP contribution in [-0.4, -0.2) is 15.7 Å². The molecule has 2 heterocycles. The predicted octanol–water partition coefficient (Wildman–Crippen LogP) is 6.56. The third kappa shape index (κ3) is 3.46. The summed E-state index contributed by atoms with van der Waals surface area (Å²) in [4.78, 5) is 9.98. The van der Waals surface area contributed by atoms with Gasteiger partial charge in [-0.2, -0.15) is 10.2 Å². The molecule has 7 nitrogen and oxygen atoms in total. The Morgan fingerprint density at radius 1 is 0.750 bits per heavy atom. The van der Waals surface area contributed by atoms with E-state index >= 15 is 0 Å². The van der Waals surface area contributed by atoms with E-state index in [1.165, 1.54) is 12.1 Å². The Hall–Kier alpha value is -4.43. The van der Waals surface area contributed by atoms with Crippen molar-refractivity contribution in [3.63, 3.8) is 0 Å². The van der Waals surface area contributed by atoms with E-state index in [2.05, 4.69) is 12.1 Å². The van der Waals surface area contributed by atoms with E-state index in [1.54, 1.807) is 23.9 Å². The molecule has 4 aromatic rings. The van der Waals surface area contributed by atoms with Gasteiger partial charge in [0.2, 0.25) is 4.99 Å². The molecule has 0 saturated carbocycles. The maximum absolute atomic E-state index is 11.2. The van der Waals surface area contributed by atoms with Gasteiger partial charge in [-0.1, -0.05) is 60.7 Å². The number of nitro benzene ring substituents is 1. The molecular weight excluding hydrogens is 470 g/mol. The lowest BCUT2D eigenvalue weighted by Gasteiger charge is -2.46. The van der Waals surface area contributed by atoms with Crippen molar-refractivity contribution in [1.29, 1.82) is 0 Å². The van der Waals surface area contributed by atoms with Crippen LogP contribution >= 0.6 is 11.8 Å². The van der Waals surface area contributed by atoms with Crippen LogP contribution in [0.25, 0.3) is 0 Å². The Labute approximate surface area is 212 Å². The lowest BCUT2D eigenvalue weighted by atomic mass is 9.98. The zero-order chi connectivity index (χ0) is 24.7. The maximum Gasteiger partial charge on any atom is 0.269 e. The van der Waals surface area contributed by atoms with Crippen LogP contribution in [0.1, 0.15) is 23.6 Å². The number of non-ortho nitro benzene ring substituents is 1. The summed E-state index contributed by atoms with van der Waals surface area (Å²) in [6.07, 6.45) is 0. The van der Waals surface area contributed by atoms with Gasteiger partial charge in [-0.3, -0.25) is 10.1 Å². The van der Waals surface area contributed by atoms with E-state index in [-0.39, 0.29) is 5.69 Å². The Balaban J connectivity index is 1.59. The monoisotopic (exact) mass is 491 g/mol. The average Bonchev–Trinajstić information content (AvgIpc) is 3.33. The summed E-state index contributed by atoms with van der Waals surface area (Å²) in [5.41, 5.74) is 5.73. The van der Waals surface area contributed by atoms with E-state index < -0.39 is 9.92 Å². The number of anilines is 2. The third-order valence-corrected chi connectivity index (χ3v) is 7.61. The number of benzene rings is 4. The van der Waals surface area contributed by atoms with Crippen molar-refractivity contribution in [3.05, 3.63) is 136 Å². The second kappa shape index (κ2) is 8.66. The summed E-state index contributed by atoms with van der Waals surface area (Å²) in [5, 5.41) is 26.2. The Kier molecular flexibility index (Phi) is 5.30. The van der Waals surface area contributed by atoms with E-state index in [1.807, 2.05) is 89.7 Å². The molecule has 176 valence electrons. The number of hydrogen-bond acceptors (Lipinski definition) is 7. The largest absolute Gasteiger partial charge is 0.269 e. The Bertz CT molecular complexity index is 1510. The van der Waals surface area contributed by atoms with E-state index in [4.69, 9.17) is 10.2 Å². The molecule has 0 saturated heterocycles. The predicted molar refractivity (Wildman–Crippen MR) is 145 cm³/mol. The van der Waals surface area contributed by atoms with Gasteiger partial charge >= 0.3 is 0 Å². The molecule has 1 spiro atoms. The minimum absolute atomic E-state index is 0.0473. The standard InChI is InChI=1S/C28H21N5O2S/c1-20-25-14-8-9-15-26(25)28(31(29-20)22-10-4-2-5-11-22)32(23-12-6-3-7-13-23)30-27(36-28)21-16-18-24(19-17-21)33(34)35/h2-19H,1H3/t28-/m0/s1. The van der Waals surface area contributed by atoms with E-state index in [0.29, 0.717) is 0 Å². The molecule has 1 atom stereocenters. The minimum atomic E-state index is -0.851. The number of hydrogen-bond donors (Lipinski definition) is 0. The van der Waals surface area contributed by atoms with Gasteiger partial charge in [0.1, 0.15) is 5.04 Å². The van der Waals surface area contributed by atoms with Gasteiger partial charge in [-0.15, -0.1) is 0 Å². The zero-order valence-electron chi connectivity index (χ0n) is 19.4. The zero-order valence-corrected chi connectivity index (χ0v) is 20.2. The molecule has 4 aromatic carbocycles. The summed E-state index contributed by atoms with van der Waals surface area (Å²) in [5.74, 6) is 0. The Morgan fingerprint density at radius 2 is 1.31 bits per heavy atom. The highest BCUT2D eigenvalue weighted by Crippen LogP contribution is 2.55. The summed E-state index contributed by atoms with van der Waals surface area (Å²) >= 11 is 1.58. The highest BCUT2D eigenvalue weighted by Gasteiger charge is 2.54. The van der Waals surface area contributed by atoms with Crippen molar-refractivity contribution in [1.82, 2.24) is 0 Å². The molecule has 0 amide bonds. The fourth-order valence-electron chi connectivity index (χ4n) is 4.57. The molecule has 0 N–H and O–H groups in total. The average molecular weight is 492 g/mol. The van der Waals surface area contributed by atoms with Crippen molar-refractivity contribution >= 4 is 39.6 Å². The number of nitrogens with zero attached hydrogens (tertiary/aromatic N) is 5. The highest BCUT2D eigenvalue weighted by molar-refractivity contribution is 8.15. The van der Waals surface area contributed by atoms with Crippen molar-refractivity contribution in [2.75, 3.05) is 10.0 Å². The molecule has 2 aliphatic heterocycles. The lowest BCUT2D eigenvalue weighted by molar-refractivity contribution is -0.384. The molecular formula is C28H21N5O2S. The number of hydrazone groups is 2. The summed E-state index contributed by atoms with van der Waals surface area (Å²) in [7, 11) is 0. The molecule has 6 rings (SSSR count). The molecule has 0 bridgehead atoms. The fourth-order valence-corrected chi connectivity index (χ4v) is 5.97. The van der Waals surface area contributed by atoms with Crippen LogP contribution in [0.3, 0.4) is 0 Å². The minimum Gasteiger partial charge on any atom is -0.258 e. The SMILES string of the molecule is CC1=NN(c2ccccc2)[C@@]2(SC(c3ccc([N+](=O)[O-])cc3)=NN2c2ccccc2)c2ccccc21. The van der Waals surface area contributed by atoms with Crippen molar-refractivity contribution in [2.45, 2.75) is 11.9 Å². The van der Waals surface area contributed by atoms with Crippen LogP contribution in [0.15, 0.2) is 119 Å². The van der Waals surface area contributed by atoms with Crippen molar-refractivity contribution in [2.24, 2.45) is 10.2 Å². The van der Waals surface area contributed by atoms with Gasteiger partial charge in [0.15, 0.2) is 0 Å². The first-order valence-corrected chi connectivity index (χ1v) is 12.3. The van der Waals surface area contributed by atoms with Crippen molar-refractivity contribution in [3.8, 4) is 0 Å². The second-order valence-corrected chi connectivity index (χ2v) is 9.61. The van der Waals surface area contributed by atoms with Crippen LogP contribution in [0, 0.1) is 10.1 Å². The van der Waals surface area contributed by atoms with Gasteiger partial charge in [-0.05, 0) is 55.1 Å². The van der Waals surface area contributed by atoms with Crippen LogP contribution < -0.4 is 10.0 Å². The first-order chi connectivity index (χ1) is 17.6. The van der Waals surface area contributed by atoms with Crippen LogP contribution in [-0.2, 0) is 4.99 Å². The van der Waals surface area contributed by atoms with E-state index in [0.717, 1.165) is 38.8 Å². The highest BCUT2D eigenvalue weighted by atomic mass is 32.2. The summed E-state index contributed by atoms with van der Waals surface area (Å²) < 4.78 is 0. The second-order valence-electron chi connectivity index (χ2n) is 8.45. The number of nitro groups is 1. The third-order valence-electron chi connectivity index (χ3n) is 6.25. The normalized spacial score (nSPS) is 18.6. The van der Waals surface area contributed by atoms with Gasteiger partial charge in [0.05, 0.1) is 22.0 Å². The first kappa shape index (κ1) is 22.1. The molecule has 0 aliphatic carbocycles. The number of para-hydroxylation sites is 2. The fraction of sp³-hybridized carbons (Fsp3) is 0.0714. The van der Waals surface area contributed by atoms with Gasteiger partial charge in [0, 0.05) is 28.8 Å². The molecule has 0 fully saturated rings. The maximum atomic E-state index is 11.2. The summed E-state index contributed by atoms with van der Waals surface area (Å²) in [6.45, 7) is 2.02. The molecule has 36 heavy (non-hydrogen) atoms.